The molecule has 4 rings (SSSR count). The number of hydrogen-bond donors (Lipinski definition) is 1. The first kappa shape index (κ1) is 20.4. The third-order valence-electron chi connectivity index (χ3n) is 5.83. The van der Waals surface area contributed by atoms with E-state index in [2.05, 4.69) is 28.1 Å². The number of amides is 1. The van der Waals surface area contributed by atoms with Crippen LogP contribution in [0.3, 0.4) is 0 Å². The number of carbonyl (C=O) groups excluding carboxylic acids is 1. The van der Waals surface area contributed by atoms with Crippen molar-refractivity contribution in [2.75, 3.05) is 33.3 Å². The van der Waals surface area contributed by atoms with Gasteiger partial charge >= 0.3 is 0 Å². The molecule has 2 aromatic carbocycles. The second-order valence-electron chi connectivity index (χ2n) is 7.68. The number of imidazole rings is 1. The van der Waals surface area contributed by atoms with Crippen LogP contribution < -0.4 is 10.1 Å². The lowest BCUT2D eigenvalue weighted by molar-refractivity contribution is 0.0773. The maximum absolute atomic E-state index is 12.8. The van der Waals surface area contributed by atoms with Crippen molar-refractivity contribution in [3.05, 3.63) is 58.9 Å². The molecule has 1 aromatic heterocycles. The molecule has 1 amide bonds. The first-order valence-electron chi connectivity index (χ1n) is 10.8. The third kappa shape index (κ3) is 3.92. The van der Waals surface area contributed by atoms with Gasteiger partial charge in [0.25, 0.3) is 5.91 Å². The number of nitrogens with one attached hydrogen (secondary N) is 1. The van der Waals surface area contributed by atoms with Crippen LogP contribution in [0.15, 0.2) is 36.4 Å². The van der Waals surface area contributed by atoms with Gasteiger partial charge in [-0.15, -0.1) is 0 Å². The van der Waals surface area contributed by atoms with E-state index in [0.29, 0.717) is 18.7 Å². The van der Waals surface area contributed by atoms with Crippen molar-refractivity contribution in [3.63, 3.8) is 0 Å². The number of benzene rings is 2. The summed E-state index contributed by atoms with van der Waals surface area (Å²) in [4.78, 5) is 19.6. The fourth-order valence-electron chi connectivity index (χ4n) is 4.15. The van der Waals surface area contributed by atoms with Crippen LogP contribution in [0.4, 0.5) is 0 Å². The zero-order chi connectivity index (χ0) is 21.1. The highest BCUT2D eigenvalue weighted by atomic mass is 16.5. The molecule has 2 heterocycles. The molecule has 0 bridgehead atoms. The molecular weight excluding hydrogens is 376 g/mol. The van der Waals surface area contributed by atoms with Gasteiger partial charge in [0.05, 0.1) is 17.6 Å². The second-order valence-corrected chi connectivity index (χ2v) is 7.68. The van der Waals surface area contributed by atoms with Gasteiger partial charge in [0.2, 0.25) is 0 Å². The molecule has 0 fully saturated rings. The Labute approximate surface area is 177 Å². The minimum atomic E-state index is 0.0619. The molecule has 6 heteroatoms. The van der Waals surface area contributed by atoms with E-state index in [4.69, 9.17) is 9.72 Å². The summed E-state index contributed by atoms with van der Waals surface area (Å²) >= 11 is 0. The summed E-state index contributed by atoms with van der Waals surface area (Å²) in [5, 5.41) is 3.23. The van der Waals surface area contributed by atoms with Crippen molar-refractivity contribution in [2.45, 2.75) is 33.2 Å². The van der Waals surface area contributed by atoms with E-state index in [1.165, 1.54) is 11.1 Å². The van der Waals surface area contributed by atoms with E-state index in [1.807, 2.05) is 44.0 Å². The van der Waals surface area contributed by atoms with Gasteiger partial charge in [0.15, 0.2) is 0 Å². The molecule has 3 aromatic rings. The molecule has 0 radical (unpaired) electrons. The SMILES string of the molecule is CCN(CC)C(=O)c1ccc2c(c1)nc(Cc1ccc3c(c1)CCO3)n2CCNC. The number of carbonyl (C=O) groups is 1. The van der Waals surface area contributed by atoms with Crippen LogP contribution in [0.25, 0.3) is 11.0 Å². The van der Waals surface area contributed by atoms with Crippen LogP contribution >= 0.6 is 0 Å². The van der Waals surface area contributed by atoms with Crippen LogP contribution in [-0.4, -0.2) is 53.6 Å². The van der Waals surface area contributed by atoms with Crippen molar-refractivity contribution in [2.24, 2.45) is 0 Å². The highest BCUT2D eigenvalue weighted by Crippen LogP contribution is 2.27. The number of nitrogens with zero attached hydrogens (tertiary/aromatic N) is 3. The van der Waals surface area contributed by atoms with Gasteiger partial charge in [-0.3, -0.25) is 4.79 Å². The quantitative estimate of drug-likeness (QED) is 0.624. The summed E-state index contributed by atoms with van der Waals surface area (Å²) in [6.07, 6.45) is 1.72. The van der Waals surface area contributed by atoms with Crippen molar-refractivity contribution in [1.29, 1.82) is 0 Å². The molecular formula is C24H30N4O2. The van der Waals surface area contributed by atoms with Gasteiger partial charge in [-0.25, -0.2) is 4.98 Å². The molecule has 1 N–H and O–H groups in total. The number of hydrogen-bond acceptors (Lipinski definition) is 4. The minimum Gasteiger partial charge on any atom is -0.493 e. The van der Waals surface area contributed by atoms with Crippen LogP contribution in [0, 0.1) is 0 Å². The summed E-state index contributed by atoms with van der Waals surface area (Å²) in [5.41, 5.74) is 5.16. The van der Waals surface area contributed by atoms with E-state index < -0.39 is 0 Å². The first-order chi connectivity index (χ1) is 14.6. The zero-order valence-electron chi connectivity index (χ0n) is 18.1. The van der Waals surface area contributed by atoms with Gasteiger partial charge in [0.1, 0.15) is 11.6 Å². The van der Waals surface area contributed by atoms with Crippen molar-refractivity contribution in [1.82, 2.24) is 19.8 Å². The predicted octanol–water partition coefficient (Wildman–Crippen LogP) is 3.26. The molecule has 1 aliphatic heterocycles. The summed E-state index contributed by atoms with van der Waals surface area (Å²) in [7, 11) is 1.96. The van der Waals surface area contributed by atoms with Gasteiger partial charge in [-0.05, 0) is 56.3 Å². The van der Waals surface area contributed by atoms with Gasteiger partial charge in [-0.2, -0.15) is 0 Å². The van der Waals surface area contributed by atoms with Gasteiger partial charge in [0, 0.05) is 44.6 Å². The van der Waals surface area contributed by atoms with Crippen LogP contribution in [0.1, 0.15) is 41.2 Å². The normalized spacial score (nSPS) is 12.8. The Morgan fingerprint density at radius 2 is 2.03 bits per heavy atom. The number of likely N-dealkylation sites (N-methyl/N-ethyl adjacent to an activating group) is 1. The molecule has 0 aliphatic carbocycles. The third-order valence-corrected chi connectivity index (χ3v) is 5.83. The fourth-order valence-corrected chi connectivity index (χ4v) is 4.15. The lowest BCUT2D eigenvalue weighted by atomic mass is 10.1. The van der Waals surface area contributed by atoms with E-state index in [0.717, 1.165) is 55.1 Å². The van der Waals surface area contributed by atoms with E-state index >= 15 is 0 Å². The summed E-state index contributed by atoms with van der Waals surface area (Å²) in [6.45, 7) is 7.88. The van der Waals surface area contributed by atoms with Crippen molar-refractivity contribution < 1.29 is 9.53 Å². The zero-order valence-corrected chi connectivity index (χ0v) is 18.1. The summed E-state index contributed by atoms with van der Waals surface area (Å²) < 4.78 is 7.90. The fraction of sp³-hybridized carbons (Fsp3) is 0.417. The number of fused-ring (bicyclic) bond motifs is 2. The lowest BCUT2D eigenvalue weighted by Crippen LogP contribution is -2.30. The Bertz CT molecular complexity index is 1050. The Morgan fingerprint density at radius 3 is 2.80 bits per heavy atom. The lowest BCUT2D eigenvalue weighted by Gasteiger charge is -2.18. The highest BCUT2D eigenvalue weighted by molar-refractivity contribution is 5.97. The highest BCUT2D eigenvalue weighted by Gasteiger charge is 2.18. The molecule has 1 aliphatic rings. The first-order valence-corrected chi connectivity index (χ1v) is 10.8. The average Bonchev–Trinajstić information content (AvgIpc) is 3.36. The number of ether oxygens (including phenoxy) is 1. The van der Waals surface area contributed by atoms with Crippen LogP contribution in [-0.2, 0) is 19.4 Å². The summed E-state index contributed by atoms with van der Waals surface area (Å²) in [6, 6.07) is 12.3. The second kappa shape index (κ2) is 8.88. The smallest absolute Gasteiger partial charge is 0.253 e. The Kier molecular flexibility index (Phi) is 6.04. The standard InChI is InChI=1S/C24H30N4O2/c1-4-27(5-2)24(29)19-7-8-21-20(16-19)26-23(28(21)12-11-25-3)15-17-6-9-22-18(14-17)10-13-30-22/h6-9,14,16,25H,4-5,10-13,15H2,1-3H3. The average molecular weight is 407 g/mol. The molecule has 30 heavy (non-hydrogen) atoms. The van der Waals surface area contributed by atoms with Gasteiger partial charge in [-0.1, -0.05) is 12.1 Å². The Morgan fingerprint density at radius 1 is 1.20 bits per heavy atom. The molecule has 0 saturated heterocycles. The molecule has 0 spiro atoms. The predicted molar refractivity (Wildman–Crippen MR) is 119 cm³/mol. The molecule has 0 atom stereocenters. The van der Waals surface area contributed by atoms with Gasteiger partial charge < -0.3 is 19.5 Å². The molecule has 0 saturated carbocycles. The Hall–Kier alpha value is -2.86. The largest absolute Gasteiger partial charge is 0.493 e. The molecule has 158 valence electrons. The maximum atomic E-state index is 12.8. The van der Waals surface area contributed by atoms with E-state index in [-0.39, 0.29) is 5.91 Å². The monoisotopic (exact) mass is 406 g/mol. The molecule has 0 unspecified atom stereocenters. The van der Waals surface area contributed by atoms with Crippen LogP contribution in [0.5, 0.6) is 5.75 Å². The minimum absolute atomic E-state index is 0.0619. The van der Waals surface area contributed by atoms with Crippen molar-refractivity contribution >= 4 is 16.9 Å². The van der Waals surface area contributed by atoms with Crippen LogP contribution in [0.2, 0.25) is 0 Å². The topological polar surface area (TPSA) is 59.4 Å². The van der Waals surface area contributed by atoms with E-state index in [1.54, 1.807) is 0 Å². The molecule has 6 nitrogen and oxygen atoms in total. The van der Waals surface area contributed by atoms with Crippen molar-refractivity contribution in [3.8, 4) is 5.75 Å². The number of aromatic nitrogens is 2. The Balaban J connectivity index is 1.69. The maximum Gasteiger partial charge on any atom is 0.253 e. The van der Waals surface area contributed by atoms with E-state index in [9.17, 15) is 4.79 Å². The number of rotatable bonds is 8. The summed E-state index contributed by atoms with van der Waals surface area (Å²) in [5.74, 6) is 2.08.